The highest BCUT2D eigenvalue weighted by molar-refractivity contribution is 6.00. The third-order valence-corrected chi connectivity index (χ3v) is 10.5. The second kappa shape index (κ2) is 20.8. The quantitative estimate of drug-likeness (QED) is 0.0691. The van der Waals surface area contributed by atoms with E-state index in [2.05, 4.69) is 39.2 Å². The fourth-order valence-electron chi connectivity index (χ4n) is 6.88. The standard InChI is InChI=1S/C40H72N2O9/c1-16-33(39(10,11)46)50-37(44)30(9)35(43)29(8)36(51-34-22-31(42(14)15)21-27(6)49-34)40(12,13)48-23-25(4)17-18-26(5)28(7)32(24(2)3)19-20-47-38(41)45/h19,24,26-31,33-34,36,46H,4,16-18,20-23H2,1-3,5-15H3,(H2,41,45)/b32-19+/t26-,27-,28-,29+,30?,31?,33-,34?,36-/m1/s1. The smallest absolute Gasteiger partial charge is 0.404 e. The van der Waals surface area contributed by atoms with E-state index in [-0.39, 0.29) is 43.0 Å². The maximum absolute atomic E-state index is 14.0. The maximum Gasteiger partial charge on any atom is 0.404 e. The van der Waals surface area contributed by atoms with Crippen LogP contribution in [0.3, 0.4) is 0 Å². The SMILES string of the molecule is C=C(CC[C@@H](C)[C@@H](C)/C(=C/COC(N)=O)C(C)C)COC(C)(C)[C@H](OC1CC(N(C)C)C[C@@H](C)O1)[C@@H](C)C(=O)C(C)C(=O)O[C@H](CC)C(C)(C)O. The summed E-state index contributed by atoms with van der Waals surface area (Å²) in [5, 5.41) is 10.5. The number of nitrogens with two attached hydrogens (primary N) is 1. The lowest BCUT2D eigenvalue weighted by molar-refractivity contribution is -0.260. The molecule has 9 atom stereocenters. The van der Waals surface area contributed by atoms with Crippen LogP contribution in [0, 0.1) is 29.6 Å². The maximum atomic E-state index is 14.0. The highest BCUT2D eigenvalue weighted by atomic mass is 16.7. The Hall–Kier alpha value is -2.31. The molecule has 1 amide bonds. The van der Waals surface area contributed by atoms with E-state index in [1.807, 2.05) is 47.9 Å². The molecule has 1 aliphatic rings. The van der Waals surface area contributed by atoms with Crippen molar-refractivity contribution >= 4 is 17.8 Å². The van der Waals surface area contributed by atoms with Gasteiger partial charge in [0.1, 0.15) is 18.6 Å². The van der Waals surface area contributed by atoms with Crippen molar-refractivity contribution in [2.75, 3.05) is 27.3 Å². The van der Waals surface area contributed by atoms with Crippen molar-refractivity contribution in [2.24, 2.45) is 35.3 Å². The predicted octanol–water partition coefficient (Wildman–Crippen LogP) is 6.84. The largest absolute Gasteiger partial charge is 0.459 e. The number of ketones is 1. The van der Waals surface area contributed by atoms with Gasteiger partial charge in [-0.3, -0.25) is 9.59 Å². The van der Waals surface area contributed by atoms with E-state index in [1.54, 1.807) is 27.7 Å². The summed E-state index contributed by atoms with van der Waals surface area (Å²) in [6.45, 7) is 27.5. The third-order valence-electron chi connectivity index (χ3n) is 10.5. The van der Waals surface area contributed by atoms with Crippen LogP contribution in [0.15, 0.2) is 23.8 Å². The number of carbonyl (C=O) groups excluding carboxylic acids is 3. The molecule has 0 bridgehead atoms. The van der Waals surface area contributed by atoms with Crippen LogP contribution in [0.5, 0.6) is 0 Å². The van der Waals surface area contributed by atoms with Crippen LogP contribution in [0.25, 0.3) is 0 Å². The van der Waals surface area contributed by atoms with Crippen LogP contribution in [0.1, 0.15) is 115 Å². The summed E-state index contributed by atoms with van der Waals surface area (Å²) in [5.74, 6) is -1.98. The third kappa shape index (κ3) is 15.3. The molecule has 11 nitrogen and oxygen atoms in total. The van der Waals surface area contributed by atoms with E-state index in [9.17, 15) is 19.5 Å². The first-order chi connectivity index (χ1) is 23.4. The molecular formula is C40H72N2O9. The summed E-state index contributed by atoms with van der Waals surface area (Å²) in [4.78, 5) is 40.3. The molecule has 1 aliphatic heterocycles. The summed E-state index contributed by atoms with van der Waals surface area (Å²) in [6, 6.07) is 0.238. The molecule has 0 aromatic carbocycles. The first kappa shape index (κ1) is 46.7. The fraction of sp³-hybridized carbons (Fsp3) is 0.825. The van der Waals surface area contributed by atoms with Crippen molar-refractivity contribution in [3.05, 3.63) is 23.8 Å². The van der Waals surface area contributed by atoms with Gasteiger partial charge < -0.3 is 39.4 Å². The molecule has 296 valence electrons. The second-order valence-electron chi connectivity index (χ2n) is 16.4. The second-order valence-corrected chi connectivity index (χ2v) is 16.4. The van der Waals surface area contributed by atoms with Gasteiger partial charge in [0.25, 0.3) is 0 Å². The number of aliphatic hydroxyl groups is 1. The minimum Gasteiger partial charge on any atom is -0.459 e. The first-order valence-corrected chi connectivity index (χ1v) is 18.8. The van der Waals surface area contributed by atoms with Gasteiger partial charge in [-0.1, -0.05) is 59.3 Å². The van der Waals surface area contributed by atoms with Crippen molar-refractivity contribution < 1.29 is 43.2 Å². The average Bonchev–Trinajstić information content (AvgIpc) is 3.03. The van der Waals surface area contributed by atoms with Gasteiger partial charge in [0.05, 0.1) is 30.0 Å². The molecule has 1 saturated heterocycles. The van der Waals surface area contributed by atoms with Crippen molar-refractivity contribution in [2.45, 2.75) is 157 Å². The number of nitrogens with zero attached hydrogens (tertiary/aromatic N) is 1. The number of amides is 1. The van der Waals surface area contributed by atoms with Gasteiger partial charge in [0, 0.05) is 18.4 Å². The Morgan fingerprint density at radius 1 is 1.04 bits per heavy atom. The Bertz CT molecular complexity index is 1160. The summed E-state index contributed by atoms with van der Waals surface area (Å²) in [7, 11) is 4.07. The number of rotatable bonds is 22. The minimum atomic E-state index is -1.25. The van der Waals surface area contributed by atoms with Crippen LogP contribution in [-0.4, -0.2) is 97.0 Å². The molecule has 51 heavy (non-hydrogen) atoms. The summed E-state index contributed by atoms with van der Waals surface area (Å²) in [6.07, 6.45) is 2.54. The van der Waals surface area contributed by atoms with Crippen molar-refractivity contribution in [1.29, 1.82) is 0 Å². The van der Waals surface area contributed by atoms with E-state index < -0.39 is 53.6 Å². The molecular weight excluding hydrogens is 652 g/mol. The highest BCUT2D eigenvalue weighted by Crippen LogP contribution is 2.34. The molecule has 3 unspecified atom stereocenters. The molecule has 1 rings (SSSR count). The highest BCUT2D eigenvalue weighted by Gasteiger charge is 2.45. The average molecular weight is 725 g/mol. The van der Waals surface area contributed by atoms with Gasteiger partial charge >= 0.3 is 12.1 Å². The first-order valence-electron chi connectivity index (χ1n) is 18.8. The molecule has 0 spiro atoms. The Morgan fingerprint density at radius 2 is 1.65 bits per heavy atom. The molecule has 0 radical (unpaired) electrons. The van der Waals surface area contributed by atoms with Crippen LogP contribution in [-0.2, 0) is 33.3 Å². The summed E-state index contributed by atoms with van der Waals surface area (Å²) < 4.78 is 30.0. The number of allylic oxidation sites excluding steroid dienone is 1. The number of carbonyl (C=O) groups is 3. The fourth-order valence-corrected chi connectivity index (χ4v) is 6.88. The zero-order chi connectivity index (χ0) is 39.4. The lowest BCUT2D eigenvalue weighted by Crippen LogP contribution is -2.53. The van der Waals surface area contributed by atoms with E-state index in [0.717, 1.165) is 24.8 Å². The molecule has 0 saturated carbocycles. The van der Waals surface area contributed by atoms with E-state index in [0.29, 0.717) is 18.8 Å². The van der Waals surface area contributed by atoms with Crippen LogP contribution in [0.4, 0.5) is 4.79 Å². The molecule has 1 heterocycles. The number of hydrogen-bond donors (Lipinski definition) is 2. The molecule has 0 aliphatic carbocycles. The van der Waals surface area contributed by atoms with Crippen LogP contribution >= 0.6 is 0 Å². The van der Waals surface area contributed by atoms with Crippen LogP contribution in [0.2, 0.25) is 0 Å². The van der Waals surface area contributed by atoms with Crippen molar-refractivity contribution in [3.63, 3.8) is 0 Å². The lowest BCUT2D eigenvalue weighted by Gasteiger charge is -2.43. The minimum absolute atomic E-state index is 0.0422. The van der Waals surface area contributed by atoms with Gasteiger partial charge in [-0.2, -0.15) is 0 Å². The zero-order valence-corrected chi connectivity index (χ0v) is 34.2. The predicted molar refractivity (Wildman–Crippen MR) is 201 cm³/mol. The summed E-state index contributed by atoms with van der Waals surface area (Å²) >= 11 is 0. The molecule has 1 fully saturated rings. The van der Waals surface area contributed by atoms with Crippen LogP contribution < -0.4 is 5.73 Å². The Morgan fingerprint density at radius 3 is 2.16 bits per heavy atom. The zero-order valence-electron chi connectivity index (χ0n) is 34.2. The summed E-state index contributed by atoms with van der Waals surface area (Å²) in [5.41, 5.74) is 5.05. The Kier molecular flexibility index (Phi) is 19.1. The number of esters is 1. The molecule has 0 aromatic rings. The molecule has 0 aromatic heterocycles. The topological polar surface area (TPSA) is 147 Å². The van der Waals surface area contributed by atoms with E-state index in [1.165, 1.54) is 5.57 Å². The van der Waals surface area contributed by atoms with E-state index in [4.69, 9.17) is 29.4 Å². The normalized spacial score (nSPS) is 22.5. The number of Topliss-reactive ketones (excluding diaryl/α,β-unsaturated/α-hetero) is 1. The monoisotopic (exact) mass is 725 g/mol. The lowest BCUT2D eigenvalue weighted by atomic mass is 9.80. The van der Waals surface area contributed by atoms with Gasteiger partial charge in [0.2, 0.25) is 0 Å². The van der Waals surface area contributed by atoms with Gasteiger partial charge in [-0.15, -0.1) is 0 Å². The number of primary amides is 1. The Labute approximate surface area is 309 Å². The van der Waals surface area contributed by atoms with Crippen molar-refractivity contribution in [3.8, 4) is 0 Å². The number of ether oxygens (including phenoxy) is 5. The van der Waals surface area contributed by atoms with Crippen molar-refractivity contribution in [1.82, 2.24) is 4.90 Å². The van der Waals surface area contributed by atoms with Gasteiger partial charge in [0.15, 0.2) is 12.1 Å². The van der Waals surface area contributed by atoms with Gasteiger partial charge in [-0.05, 0) is 105 Å². The van der Waals surface area contributed by atoms with E-state index >= 15 is 0 Å². The molecule has 11 heteroatoms. The Balaban J connectivity index is 3.15. The number of hydrogen-bond acceptors (Lipinski definition) is 10. The van der Waals surface area contributed by atoms with Gasteiger partial charge in [-0.25, -0.2) is 4.79 Å². The molecule has 3 N–H and O–H groups in total.